The van der Waals surface area contributed by atoms with Crippen LogP contribution in [-0.4, -0.2) is 43.5 Å². The highest BCUT2D eigenvalue weighted by molar-refractivity contribution is 5.95. The Bertz CT molecular complexity index is 803. The van der Waals surface area contributed by atoms with Crippen molar-refractivity contribution in [2.24, 2.45) is 5.92 Å². The largest absolute Gasteiger partial charge is 0.491 e. The molecule has 2 heterocycles. The maximum absolute atomic E-state index is 12.1. The Morgan fingerprint density at radius 1 is 1.37 bits per heavy atom. The van der Waals surface area contributed by atoms with Gasteiger partial charge in [0.25, 0.3) is 0 Å². The van der Waals surface area contributed by atoms with Crippen molar-refractivity contribution in [2.75, 3.05) is 31.7 Å². The summed E-state index contributed by atoms with van der Waals surface area (Å²) in [6, 6.07) is 5.87. The number of anilines is 1. The van der Waals surface area contributed by atoms with Crippen molar-refractivity contribution >= 4 is 11.6 Å². The highest BCUT2D eigenvalue weighted by Gasteiger charge is 2.30. The van der Waals surface area contributed by atoms with Gasteiger partial charge in [0.15, 0.2) is 0 Å². The molecule has 1 atom stereocenters. The minimum absolute atomic E-state index is 0.0805. The van der Waals surface area contributed by atoms with Gasteiger partial charge in [0.1, 0.15) is 18.1 Å². The van der Waals surface area contributed by atoms with Crippen LogP contribution in [0, 0.1) is 19.8 Å². The molecule has 1 aliphatic heterocycles. The van der Waals surface area contributed by atoms with Crippen LogP contribution in [0.5, 0.6) is 5.75 Å². The van der Waals surface area contributed by atoms with Crippen molar-refractivity contribution in [3.63, 3.8) is 0 Å². The lowest BCUT2D eigenvalue weighted by atomic mass is 10.0. The number of hydrogen-bond acceptors (Lipinski definition) is 6. The summed E-state index contributed by atoms with van der Waals surface area (Å²) in [6.07, 6.45) is 1.94. The van der Waals surface area contributed by atoms with E-state index in [1.165, 1.54) is 0 Å². The number of rotatable bonds is 6. The second kappa shape index (κ2) is 7.70. The molecule has 1 aromatic carbocycles. The Labute approximate surface area is 158 Å². The first kappa shape index (κ1) is 18.0. The van der Waals surface area contributed by atoms with Gasteiger partial charge in [-0.2, -0.15) is 0 Å². The van der Waals surface area contributed by atoms with Crippen LogP contribution in [0.1, 0.15) is 24.3 Å². The van der Waals surface area contributed by atoms with Crippen molar-refractivity contribution in [2.45, 2.75) is 32.7 Å². The lowest BCUT2D eigenvalue weighted by molar-refractivity contribution is -0.117. The van der Waals surface area contributed by atoms with Gasteiger partial charge in [-0.1, -0.05) is 5.16 Å². The zero-order valence-corrected chi connectivity index (χ0v) is 15.7. The van der Waals surface area contributed by atoms with Crippen molar-refractivity contribution in [3.8, 4) is 16.9 Å². The number of nitrogens with zero attached hydrogens (tertiary/aromatic N) is 1. The summed E-state index contributed by atoms with van der Waals surface area (Å²) in [4.78, 5) is 12.1. The molecule has 0 radical (unpaired) electrons. The third kappa shape index (κ3) is 4.14. The van der Waals surface area contributed by atoms with Gasteiger partial charge in [0.2, 0.25) is 5.91 Å². The predicted octanol–water partition coefficient (Wildman–Crippen LogP) is 2.67. The van der Waals surface area contributed by atoms with Gasteiger partial charge in [-0.05, 0) is 44.9 Å². The zero-order valence-electron chi connectivity index (χ0n) is 15.7. The summed E-state index contributed by atoms with van der Waals surface area (Å²) in [5.41, 5.74) is 3.33. The molecule has 2 aliphatic rings. The molecule has 1 amide bonds. The Morgan fingerprint density at radius 2 is 2.22 bits per heavy atom. The first-order chi connectivity index (χ1) is 13.1. The highest BCUT2D eigenvalue weighted by Crippen LogP contribution is 2.37. The van der Waals surface area contributed by atoms with E-state index in [2.05, 4.69) is 15.8 Å². The second-order valence-corrected chi connectivity index (χ2v) is 7.21. The topological polar surface area (TPSA) is 85.6 Å². The number of morpholine rings is 1. The van der Waals surface area contributed by atoms with Crippen LogP contribution < -0.4 is 15.4 Å². The number of carbonyl (C=O) groups excluding carboxylic acids is 1. The normalized spacial score (nSPS) is 19.7. The lowest BCUT2D eigenvalue weighted by Gasteiger charge is -2.24. The lowest BCUT2D eigenvalue weighted by Crippen LogP contribution is -2.44. The van der Waals surface area contributed by atoms with E-state index in [-0.39, 0.29) is 17.9 Å². The van der Waals surface area contributed by atoms with Gasteiger partial charge >= 0.3 is 0 Å². The average molecular weight is 371 g/mol. The minimum atomic E-state index is 0.0805. The van der Waals surface area contributed by atoms with E-state index in [9.17, 15) is 4.79 Å². The molecule has 1 saturated carbocycles. The number of amides is 1. The predicted molar refractivity (Wildman–Crippen MR) is 101 cm³/mol. The molecule has 1 saturated heterocycles. The molecule has 1 aliphatic carbocycles. The SMILES string of the molecule is Cc1noc(C)c1-c1cc(NC(=O)C2CC2)ccc1OCC1COCCN1. The van der Waals surface area contributed by atoms with Gasteiger partial charge in [0.05, 0.1) is 30.5 Å². The fraction of sp³-hybridized carbons (Fsp3) is 0.500. The van der Waals surface area contributed by atoms with E-state index in [0.29, 0.717) is 13.2 Å². The molecule has 144 valence electrons. The number of nitrogens with one attached hydrogen (secondary N) is 2. The number of aryl methyl sites for hydroxylation is 2. The molecular weight excluding hydrogens is 346 g/mol. The second-order valence-electron chi connectivity index (χ2n) is 7.21. The van der Waals surface area contributed by atoms with Crippen LogP contribution in [0.3, 0.4) is 0 Å². The Morgan fingerprint density at radius 3 is 2.89 bits per heavy atom. The Balaban J connectivity index is 1.59. The van der Waals surface area contributed by atoms with E-state index < -0.39 is 0 Å². The monoisotopic (exact) mass is 371 g/mol. The first-order valence-corrected chi connectivity index (χ1v) is 9.44. The van der Waals surface area contributed by atoms with Crippen molar-refractivity contribution in [3.05, 3.63) is 29.7 Å². The summed E-state index contributed by atoms with van der Waals surface area (Å²) in [6.45, 7) is 6.49. The third-order valence-corrected chi connectivity index (χ3v) is 4.94. The molecule has 7 nitrogen and oxygen atoms in total. The van der Waals surface area contributed by atoms with Crippen molar-refractivity contribution in [1.82, 2.24) is 10.5 Å². The van der Waals surface area contributed by atoms with Crippen LogP contribution in [0.4, 0.5) is 5.69 Å². The number of carbonyl (C=O) groups is 1. The molecule has 1 unspecified atom stereocenters. The van der Waals surface area contributed by atoms with Gasteiger partial charge in [-0.25, -0.2) is 0 Å². The summed E-state index contributed by atoms with van der Waals surface area (Å²) in [5, 5.41) is 10.4. The van der Waals surface area contributed by atoms with E-state index >= 15 is 0 Å². The molecule has 27 heavy (non-hydrogen) atoms. The zero-order chi connectivity index (χ0) is 18.8. The van der Waals surface area contributed by atoms with Gasteiger partial charge in [-0.3, -0.25) is 4.79 Å². The van der Waals surface area contributed by atoms with Crippen LogP contribution >= 0.6 is 0 Å². The number of ether oxygens (including phenoxy) is 2. The number of benzene rings is 1. The quantitative estimate of drug-likeness (QED) is 0.812. The molecule has 2 N–H and O–H groups in total. The van der Waals surface area contributed by atoms with Crippen LogP contribution in [-0.2, 0) is 9.53 Å². The third-order valence-electron chi connectivity index (χ3n) is 4.94. The molecule has 7 heteroatoms. The Hall–Kier alpha value is -2.38. The van der Waals surface area contributed by atoms with Gasteiger partial charge in [0, 0.05) is 23.7 Å². The maximum atomic E-state index is 12.1. The summed E-state index contributed by atoms with van der Waals surface area (Å²) in [7, 11) is 0. The molecule has 0 bridgehead atoms. The van der Waals surface area contributed by atoms with Crippen LogP contribution in [0.25, 0.3) is 11.1 Å². The number of hydrogen-bond donors (Lipinski definition) is 2. The van der Waals surface area contributed by atoms with Gasteiger partial charge in [-0.15, -0.1) is 0 Å². The Kier molecular flexibility index (Phi) is 5.13. The molecule has 4 rings (SSSR count). The maximum Gasteiger partial charge on any atom is 0.227 e. The van der Waals surface area contributed by atoms with Crippen molar-refractivity contribution in [1.29, 1.82) is 0 Å². The van der Waals surface area contributed by atoms with Gasteiger partial charge < -0.3 is 24.6 Å². The summed E-state index contributed by atoms with van der Waals surface area (Å²) in [5.74, 6) is 1.70. The van der Waals surface area contributed by atoms with E-state index in [0.717, 1.165) is 60.0 Å². The first-order valence-electron chi connectivity index (χ1n) is 9.44. The average Bonchev–Trinajstić information content (AvgIpc) is 3.47. The van der Waals surface area contributed by atoms with E-state index in [1.54, 1.807) is 0 Å². The van der Waals surface area contributed by atoms with E-state index in [4.69, 9.17) is 14.0 Å². The van der Waals surface area contributed by atoms with Crippen LogP contribution in [0.2, 0.25) is 0 Å². The summed E-state index contributed by atoms with van der Waals surface area (Å²) >= 11 is 0. The fourth-order valence-electron chi connectivity index (χ4n) is 3.30. The number of aromatic nitrogens is 1. The van der Waals surface area contributed by atoms with Crippen LogP contribution in [0.15, 0.2) is 22.7 Å². The minimum Gasteiger partial charge on any atom is -0.491 e. The highest BCUT2D eigenvalue weighted by atomic mass is 16.5. The summed E-state index contributed by atoms with van der Waals surface area (Å²) < 4.78 is 16.9. The fourth-order valence-corrected chi connectivity index (χ4v) is 3.30. The smallest absolute Gasteiger partial charge is 0.227 e. The molecule has 1 aromatic heterocycles. The molecular formula is C20H25N3O4. The van der Waals surface area contributed by atoms with Crippen molar-refractivity contribution < 1.29 is 18.8 Å². The molecule has 0 spiro atoms. The molecule has 2 fully saturated rings. The molecule has 2 aromatic rings. The van der Waals surface area contributed by atoms with E-state index in [1.807, 2.05) is 32.0 Å². The standard InChI is InChI=1S/C20H25N3O4/c1-12-19(13(2)27-23-12)17-9-15(22-20(24)14-3-4-14)5-6-18(17)26-11-16-10-25-8-7-21-16/h5-6,9,14,16,21H,3-4,7-8,10-11H2,1-2H3,(H,22,24).